The summed E-state index contributed by atoms with van der Waals surface area (Å²) in [5.41, 5.74) is -0.608. The molecule has 0 unspecified atom stereocenters. The first-order valence-corrected chi connectivity index (χ1v) is 7.75. The van der Waals surface area contributed by atoms with Crippen LogP contribution in [0.3, 0.4) is 0 Å². The van der Waals surface area contributed by atoms with E-state index in [0.29, 0.717) is 11.6 Å². The van der Waals surface area contributed by atoms with Crippen LogP contribution in [0.4, 0.5) is 0 Å². The lowest BCUT2D eigenvalue weighted by atomic mass is 9.97. The van der Waals surface area contributed by atoms with Crippen molar-refractivity contribution in [3.63, 3.8) is 0 Å². The third-order valence-corrected chi connectivity index (χ3v) is 3.70. The lowest BCUT2D eigenvalue weighted by Crippen LogP contribution is -2.14. The van der Waals surface area contributed by atoms with Gasteiger partial charge < -0.3 is 9.51 Å². The molecule has 0 radical (unpaired) electrons. The van der Waals surface area contributed by atoms with Crippen LogP contribution >= 0.6 is 0 Å². The number of H-pyrrole nitrogens is 1. The third-order valence-electron chi connectivity index (χ3n) is 2.59. The molecule has 2 aromatic heterocycles. The van der Waals surface area contributed by atoms with E-state index in [2.05, 4.69) is 15.1 Å². The van der Waals surface area contributed by atoms with Crippen molar-refractivity contribution in [2.45, 2.75) is 31.1 Å². The zero-order chi connectivity index (χ0) is 15.1. The highest BCUT2D eigenvalue weighted by Crippen LogP contribution is 2.22. The highest BCUT2D eigenvalue weighted by Gasteiger charge is 2.23. The predicted octanol–water partition coefficient (Wildman–Crippen LogP) is 1.13. The van der Waals surface area contributed by atoms with E-state index in [0.717, 1.165) is 18.5 Å². The summed E-state index contributed by atoms with van der Waals surface area (Å²) in [4.78, 5) is 18.4. The van der Waals surface area contributed by atoms with Gasteiger partial charge >= 0.3 is 0 Å². The molecule has 0 spiro atoms. The van der Waals surface area contributed by atoms with Crippen LogP contribution < -0.4 is 5.43 Å². The molecule has 0 aliphatic rings. The van der Waals surface area contributed by atoms with Crippen molar-refractivity contribution in [1.29, 1.82) is 0 Å². The summed E-state index contributed by atoms with van der Waals surface area (Å²) >= 11 is 0. The Balaban J connectivity index is 2.48. The van der Waals surface area contributed by atoms with Crippen molar-refractivity contribution < 1.29 is 12.9 Å². The quantitative estimate of drug-likeness (QED) is 0.890. The molecule has 0 saturated carbocycles. The molecule has 0 aliphatic heterocycles. The van der Waals surface area contributed by atoms with E-state index in [4.69, 9.17) is 4.52 Å². The summed E-state index contributed by atoms with van der Waals surface area (Å²) in [5, 5.41) is 3.78. The van der Waals surface area contributed by atoms with Gasteiger partial charge in [0, 0.05) is 23.9 Å². The first kappa shape index (κ1) is 14.4. The Kier molecular flexibility index (Phi) is 3.29. The molecule has 20 heavy (non-hydrogen) atoms. The summed E-state index contributed by atoms with van der Waals surface area (Å²) in [6, 6.07) is 1.15. The molecule has 2 heterocycles. The number of rotatable bonds is 2. The van der Waals surface area contributed by atoms with Gasteiger partial charge in [0.2, 0.25) is 17.1 Å². The average molecular weight is 297 g/mol. The maximum atomic E-state index is 11.8. The van der Waals surface area contributed by atoms with Gasteiger partial charge in [-0.05, 0) is 0 Å². The minimum Gasteiger partial charge on any atom is -0.357 e. The molecule has 0 fully saturated rings. The van der Waals surface area contributed by atoms with Crippen molar-refractivity contribution >= 4 is 9.84 Å². The maximum Gasteiger partial charge on any atom is 0.232 e. The van der Waals surface area contributed by atoms with Crippen LogP contribution in [0.15, 0.2) is 26.5 Å². The first-order valence-electron chi connectivity index (χ1n) is 5.86. The molecule has 7 nitrogen and oxygen atoms in total. The van der Waals surface area contributed by atoms with Gasteiger partial charge in [-0.2, -0.15) is 4.98 Å². The fourth-order valence-corrected chi connectivity index (χ4v) is 2.21. The second kappa shape index (κ2) is 4.55. The topological polar surface area (TPSA) is 106 Å². The molecule has 2 rings (SSSR count). The van der Waals surface area contributed by atoms with Crippen LogP contribution in [0.25, 0.3) is 11.5 Å². The number of aromatic nitrogens is 3. The summed E-state index contributed by atoms with van der Waals surface area (Å²) in [6.07, 6.45) is 2.11. The maximum absolute atomic E-state index is 11.8. The highest BCUT2D eigenvalue weighted by atomic mass is 32.2. The fourth-order valence-electron chi connectivity index (χ4n) is 1.51. The molecule has 1 N–H and O–H groups in total. The van der Waals surface area contributed by atoms with E-state index < -0.39 is 15.3 Å². The van der Waals surface area contributed by atoms with Crippen molar-refractivity contribution in [2.75, 3.05) is 6.26 Å². The Morgan fingerprint density at radius 2 is 1.95 bits per heavy atom. The zero-order valence-corrected chi connectivity index (χ0v) is 12.4. The highest BCUT2D eigenvalue weighted by molar-refractivity contribution is 7.90. The second-order valence-corrected chi connectivity index (χ2v) is 7.50. The number of pyridine rings is 1. The average Bonchev–Trinajstić information content (AvgIpc) is 2.75. The molecule has 0 amide bonds. The van der Waals surface area contributed by atoms with Gasteiger partial charge in [0.05, 0.1) is 5.69 Å². The Bertz CT molecular complexity index is 797. The number of sulfone groups is 1. The Morgan fingerprint density at radius 3 is 2.40 bits per heavy atom. The second-order valence-electron chi connectivity index (χ2n) is 5.52. The van der Waals surface area contributed by atoms with Crippen LogP contribution in [0.5, 0.6) is 0 Å². The summed E-state index contributed by atoms with van der Waals surface area (Å²) in [7, 11) is -3.56. The van der Waals surface area contributed by atoms with E-state index in [1.54, 1.807) is 0 Å². The van der Waals surface area contributed by atoms with E-state index in [9.17, 15) is 13.2 Å². The molecule has 8 heteroatoms. The van der Waals surface area contributed by atoms with Gasteiger partial charge in [0.1, 0.15) is 4.90 Å². The van der Waals surface area contributed by atoms with E-state index in [1.165, 1.54) is 0 Å². The molecule has 0 atom stereocenters. The van der Waals surface area contributed by atoms with Crippen LogP contribution in [0.1, 0.15) is 26.7 Å². The van der Waals surface area contributed by atoms with E-state index in [1.807, 2.05) is 20.8 Å². The van der Waals surface area contributed by atoms with Gasteiger partial charge in [-0.25, -0.2) is 8.42 Å². The lowest BCUT2D eigenvalue weighted by Gasteiger charge is -2.10. The van der Waals surface area contributed by atoms with Gasteiger partial charge in [-0.1, -0.05) is 25.9 Å². The number of nitrogens with zero attached hydrogens (tertiary/aromatic N) is 2. The molecule has 108 valence electrons. The molecule has 0 bridgehead atoms. The molecular formula is C12H15N3O4S. The summed E-state index contributed by atoms with van der Waals surface area (Å²) < 4.78 is 27.9. The number of aromatic amines is 1. The molecule has 2 aromatic rings. The summed E-state index contributed by atoms with van der Waals surface area (Å²) in [5.74, 6) is 0.646. The van der Waals surface area contributed by atoms with Crippen molar-refractivity contribution in [3.8, 4) is 11.5 Å². The minimum absolute atomic E-state index is 0.215. The number of hydrogen-bond donors (Lipinski definition) is 1. The van der Waals surface area contributed by atoms with Crippen LogP contribution in [-0.4, -0.2) is 29.8 Å². The smallest absolute Gasteiger partial charge is 0.232 e. The first-order chi connectivity index (χ1) is 9.09. The van der Waals surface area contributed by atoms with Crippen LogP contribution in [0.2, 0.25) is 0 Å². The van der Waals surface area contributed by atoms with Gasteiger partial charge in [-0.15, -0.1) is 0 Å². The molecule has 0 aromatic carbocycles. The Labute approximate surface area is 116 Å². The lowest BCUT2D eigenvalue weighted by molar-refractivity contribution is 0.321. The molecular weight excluding hydrogens is 282 g/mol. The van der Waals surface area contributed by atoms with Crippen molar-refractivity contribution in [1.82, 2.24) is 15.1 Å². The van der Waals surface area contributed by atoms with Gasteiger partial charge in [-0.3, -0.25) is 4.79 Å². The van der Waals surface area contributed by atoms with E-state index in [-0.39, 0.29) is 16.1 Å². The predicted molar refractivity (Wildman–Crippen MR) is 72.2 cm³/mol. The number of nitrogens with one attached hydrogen (secondary N) is 1. The Hall–Kier alpha value is -1.96. The van der Waals surface area contributed by atoms with Crippen LogP contribution in [0, 0.1) is 0 Å². The fraction of sp³-hybridized carbons (Fsp3) is 0.417. The monoisotopic (exact) mass is 297 g/mol. The van der Waals surface area contributed by atoms with E-state index >= 15 is 0 Å². The van der Waals surface area contributed by atoms with Crippen molar-refractivity contribution in [2.24, 2.45) is 0 Å². The minimum atomic E-state index is -3.56. The standard InChI is InChI=1S/C12H15N3O4S/c1-12(2,3)11-14-10(15-19-11)7-5-8(16)9(6-13-7)20(4,17)18/h5-6H,1-4H3,(H,13,16). The normalized spacial score (nSPS) is 12.6. The molecule has 0 saturated heterocycles. The van der Waals surface area contributed by atoms with Crippen LogP contribution in [-0.2, 0) is 15.3 Å². The Morgan fingerprint density at radius 1 is 1.30 bits per heavy atom. The van der Waals surface area contributed by atoms with Gasteiger partial charge in [0.25, 0.3) is 0 Å². The molecule has 0 aliphatic carbocycles. The van der Waals surface area contributed by atoms with Crippen molar-refractivity contribution in [3.05, 3.63) is 28.4 Å². The number of hydrogen-bond acceptors (Lipinski definition) is 6. The largest absolute Gasteiger partial charge is 0.357 e. The third kappa shape index (κ3) is 2.79. The zero-order valence-electron chi connectivity index (χ0n) is 11.6. The SMILES string of the molecule is CC(C)(C)c1nc(-c2cc(=O)c(S(C)(=O)=O)c[nH]2)no1. The van der Waals surface area contributed by atoms with Gasteiger partial charge in [0.15, 0.2) is 9.84 Å². The summed E-state index contributed by atoms with van der Waals surface area (Å²) in [6.45, 7) is 5.75.